The predicted octanol–water partition coefficient (Wildman–Crippen LogP) is 4.14. The lowest BCUT2D eigenvalue weighted by atomic mass is 10.1. The first-order chi connectivity index (χ1) is 10.5. The van der Waals surface area contributed by atoms with Crippen molar-refractivity contribution in [3.05, 3.63) is 71.8 Å². The Kier molecular flexibility index (Phi) is 5.18. The molecule has 0 amide bonds. The molecule has 1 unspecified atom stereocenters. The van der Waals surface area contributed by atoms with E-state index in [0.717, 1.165) is 16.0 Å². The van der Waals surface area contributed by atoms with Crippen molar-refractivity contribution in [1.82, 2.24) is 4.90 Å². The van der Waals surface area contributed by atoms with Crippen LogP contribution in [0.5, 0.6) is 0 Å². The largest absolute Gasteiger partial charge is 0.417 e. The summed E-state index contributed by atoms with van der Waals surface area (Å²) in [5.41, 5.74) is 1.48. The predicted molar refractivity (Wildman–Crippen MR) is 77.6 cm³/mol. The van der Waals surface area contributed by atoms with E-state index in [0.29, 0.717) is 0 Å². The van der Waals surface area contributed by atoms with Gasteiger partial charge < -0.3 is 0 Å². The van der Waals surface area contributed by atoms with Crippen molar-refractivity contribution in [2.45, 2.75) is 25.3 Å². The van der Waals surface area contributed by atoms with Crippen LogP contribution in [-0.2, 0) is 13.1 Å². The molecule has 0 aliphatic rings. The highest BCUT2D eigenvalue weighted by Crippen LogP contribution is 2.27. The lowest BCUT2D eigenvalue weighted by Gasteiger charge is -2.28. The number of nitriles is 1. The van der Waals surface area contributed by atoms with Gasteiger partial charge in [0.1, 0.15) is 0 Å². The van der Waals surface area contributed by atoms with E-state index in [4.69, 9.17) is 5.26 Å². The van der Waals surface area contributed by atoms with E-state index in [9.17, 15) is 13.2 Å². The highest BCUT2D eigenvalue weighted by Gasteiger charge is 2.44. The van der Waals surface area contributed by atoms with E-state index in [-0.39, 0.29) is 13.1 Å². The van der Waals surface area contributed by atoms with Gasteiger partial charge in [0.25, 0.3) is 0 Å². The molecule has 0 aliphatic heterocycles. The second-order valence-corrected chi connectivity index (χ2v) is 4.95. The van der Waals surface area contributed by atoms with Crippen LogP contribution in [-0.4, -0.2) is 17.1 Å². The number of nitrogens with zero attached hydrogens (tertiary/aromatic N) is 2. The monoisotopic (exact) mass is 304 g/mol. The van der Waals surface area contributed by atoms with E-state index in [2.05, 4.69) is 0 Å². The van der Waals surface area contributed by atoms with Crippen LogP contribution in [0.25, 0.3) is 0 Å². The second-order valence-electron chi connectivity index (χ2n) is 4.95. The Morgan fingerprint density at radius 3 is 1.59 bits per heavy atom. The van der Waals surface area contributed by atoms with Crippen molar-refractivity contribution < 1.29 is 13.2 Å². The third-order valence-corrected chi connectivity index (χ3v) is 3.25. The molecule has 1 atom stereocenters. The molecule has 2 aromatic carbocycles. The van der Waals surface area contributed by atoms with Gasteiger partial charge in [0.2, 0.25) is 0 Å². The van der Waals surface area contributed by atoms with Crippen LogP contribution < -0.4 is 0 Å². The SMILES string of the molecule is N#CC(N(Cc1ccccc1)Cc1ccccc1)C(F)(F)F. The van der Waals surface area contributed by atoms with Crippen LogP contribution in [0.2, 0.25) is 0 Å². The lowest BCUT2D eigenvalue weighted by Crippen LogP contribution is -2.43. The van der Waals surface area contributed by atoms with Gasteiger partial charge in [-0.05, 0) is 11.1 Å². The zero-order chi connectivity index (χ0) is 16.0. The van der Waals surface area contributed by atoms with Crippen LogP contribution >= 0.6 is 0 Å². The molecule has 0 heterocycles. The average molecular weight is 304 g/mol. The zero-order valence-electron chi connectivity index (χ0n) is 11.8. The van der Waals surface area contributed by atoms with Crippen molar-refractivity contribution in [2.24, 2.45) is 0 Å². The number of halogens is 3. The number of rotatable bonds is 5. The molecule has 0 aromatic heterocycles. The summed E-state index contributed by atoms with van der Waals surface area (Å²) in [6.07, 6.45) is -4.59. The maximum atomic E-state index is 13.1. The Labute approximate surface area is 127 Å². The normalized spacial score (nSPS) is 12.9. The van der Waals surface area contributed by atoms with Crippen LogP contribution in [0.3, 0.4) is 0 Å². The number of hydrogen-bond acceptors (Lipinski definition) is 2. The van der Waals surface area contributed by atoms with Gasteiger partial charge in [-0.2, -0.15) is 18.4 Å². The Balaban J connectivity index is 2.26. The Morgan fingerprint density at radius 2 is 1.27 bits per heavy atom. The molecule has 5 heteroatoms. The maximum absolute atomic E-state index is 13.1. The number of benzene rings is 2. The Bertz CT molecular complexity index is 576. The maximum Gasteiger partial charge on any atom is 0.417 e. The van der Waals surface area contributed by atoms with Crippen molar-refractivity contribution in [2.75, 3.05) is 0 Å². The van der Waals surface area contributed by atoms with Crippen molar-refractivity contribution >= 4 is 0 Å². The third kappa shape index (κ3) is 4.34. The second kappa shape index (κ2) is 7.10. The molecule has 2 rings (SSSR count). The van der Waals surface area contributed by atoms with Crippen LogP contribution in [0.4, 0.5) is 13.2 Å². The smallest absolute Gasteiger partial charge is 0.272 e. The molecule has 0 radical (unpaired) electrons. The summed E-state index contributed by atoms with van der Waals surface area (Å²) in [5.74, 6) is 0. The molecule has 22 heavy (non-hydrogen) atoms. The summed E-state index contributed by atoms with van der Waals surface area (Å²) in [4.78, 5) is 1.14. The summed E-state index contributed by atoms with van der Waals surface area (Å²) in [6.45, 7) is 0.126. The van der Waals surface area contributed by atoms with Crippen LogP contribution in [0, 0.1) is 11.3 Å². The Morgan fingerprint density at radius 1 is 0.864 bits per heavy atom. The average Bonchev–Trinajstić information content (AvgIpc) is 2.48. The van der Waals surface area contributed by atoms with Gasteiger partial charge in [-0.25, -0.2) is 0 Å². The van der Waals surface area contributed by atoms with E-state index >= 15 is 0 Å². The highest BCUT2D eigenvalue weighted by atomic mass is 19.4. The fourth-order valence-corrected chi connectivity index (χ4v) is 2.24. The molecule has 0 bridgehead atoms. The van der Waals surface area contributed by atoms with Gasteiger partial charge in [-0.15, -0.1) is 0 Å². The standard InChI is InChI=1S/C17H15F3N2/c18-17(19,20)16(11-21)22(12-14-7-3-1-4-8-14)13-15-9-5-2-6-10-15/h1-10,16H,12-13H2. The first-order valence-electron chi connectivity index (χ1n) is 6.79. The molecular weight excluding hydrogens is 289 g/mol. The summed E-state index contributed by atoms with van der Waals surface area (Å²) in [5, 5.41) is 8.98. The molecule has 0 saturated heterocycles. The molecule has 0 saturated carbocycles. The Hall–Kier alpha value is -2.32. The van der Waals surface area contributed by atoms with Gasteiger partial charge >= 0.3 is 6.18 Å². The fraction of sp³-hybridized carbons (Fsp3) is 0.235. The fourth-order valence-electron chi connectivity index (χ4n) is 2.24. The summed E-state index contributed by atoms with van der Waals surface area (Å²) < 4.78 is 39.3. The molecular formula is C17H15F3N2. The molecule has 0 fully saturated rings. The van der Waals surface area contributed by atoms with E-state index < -0.39 is 12.2 Å². The van der Waals surface area contributed by atoms with E-state index in [1.807, 2.05) is 0 Å². The zero-order valence-corrected chi connectivity index (χ0v) is 11.8. The van der Waals surface area contributed by atoms with Gasteiger partial charge in [0.05, 0.1) is 6.07 Å². The quantitative estimate of drug-likeness (QED) is 0.830. The minimum atomic E-state index is -4.59. The molecule has 0 spiro atoms. The molecule has 114 valence electrons. The summed E-state index contributed by atoms with van der Waals surface area (Å²) in [6, 6.07) is 16.9. The number of hydrogen-bond donors (Lipinski definition) is 0. The summed E-state index contributed by atoms with van der Waals surface area (Å²) >= 11 is 0. The van der Waals surface area contributed by atoms with Gasteiger partial charge in [-0.1, -0.05) is 60.7 Å². The molecule has 2 aromatic rings. The molecule has 2 nitrogen and oxygen atoms in total. The van der Waals surface area contributed by atoms with Crippen LogP contribution in [0.1, 0.15) is 11.1 Å². The minimum Gasteiger partial charge on any atom is -0.272 e. The topological polar surface area (TPSA) is 27.0 Å². The van der Waals surface area contributed by atoms with Crippen molar-refractivity contribution in [3.8, 4) is 6.07 Å². The van der Waals surface area contributed by atoms with E-state index in [1.54, 1.807) is 60.7 Å². The minimum absolute atomic E-state index is 0.0630. The first-order valence-corrected chi connectivity index (χ1v) is 6.79. The van der Waals surface area contributed by atoms with Crippen molar-refractivity contribution in [3.63, 3.8) is 0 Å². The number of alkyl halides is 3. The third-order valence-electron chi connectivity index (χ3n) is 3.25. The van der Waals surface area contributed by atoms with Gasteiger partial charge in [0.15, 0.2) is 6.04 Å². The molecule has 0 aliphatic carbocycles. The van der Waals surface area contributed by atoms with Gasteiger partial charge in [-0.3, -0.25) is 4.90 Å². The molecule has 0 N–H and O–H groups in total. The van der Waals surface area contributed by atoms with Crippen molar-refractivity contribution in [1.29, 1.82) is 5.26 Å². The van der Waals surface area contributed by atoms with Gasteiger partial charge in [0, 0.05) is 13.1 Å². The first kappa shape index (κ1) is 16.1. The van der Waals surface area contributed by atoms with Crippen LogP contribution in [0.15, 0.2) is 60.7 Å². The highest BCUT2D eigenvalue weighted by molar-refractivity contribution is 5.18. The van der Waals surface area contributed by atoms with E-state index in [1.165, 1.54) is 6.07 Å². The summed E-state index contributed by atoms with van der Waals surface area (Å²) in [7, 11) is 0. The lowest BCUT2D eigenvalue weighted by molar-refractivity contribution is -0.171.